The van der Waals surface area contributed by atoms with Gasteiger partial charge in [0.25, 0.3) is 0 Å². The summed E-state index contributed by atoms with van der Waals surface area (Å²) in [5.41, 5.74) is 13.8. The molecule has 164 valence electrons. The Kier molecular flexibility index (Phi) is 5.70. The molecule has 0 spiro atoms. The Morgan fingerprint density at radius 2 is 1.55 bits per heavy atom. The smallest absolute Gasteiger partial charge is 0.249 e. The van der Waals surface area contributed by atoms with Gasteiger partial charge in [-0.1, -0.05) is 86.1 Å². The van der Waals surface area contributed by atoms with Crippen molar-refractivity contribution in [1.82, 2.24) is 4.57 Å². The molecule has 0 fully saturated rings. The molecule has 33 heavy (non-hydrogen) atoms. The number of carbonyl (C=O) groups is 1. The predicted molar refractivity (Wildman–Crippen MR) is 137 cm³/mol. The van der Waals surface area contributed by atoms with Crippen molar-refractivity contribution >= 4 is 27.7 Å². The Balaban J connectivity index is 1.69. The molecule has 3 heteroatoms. The molecule has 0 aliphatic carbocycles. The highest BCUT2D eigenvalue weighted by Gasteiger charge is 2.17. The SMILES string of the molecule is CCCc1ccc2c3c(C(N)=O)cccc3n(Cc3ccccc3Cc3ccccc3)c2c1. The summed E-state index contributed by atoms with van der Waals surface area (Å²) in [6.45, 7) is 2.94. The molecule has 4 aromatic carbocycles. The summed E-state index contributed by atoms with van der Waals surface area (Å²) in [6, 6.07) is 31.7. The normalized spacial score (nSPS) is 11.3. The molecule has 3 nitrogen and oxygen atoms in total. The highest BCUT2D eigenvalue weighted by Crippen LogP contribution is 2.33. The van der Waals surface area contributed by atoms with Crippen LogP contribution in [-0.4, -0.2) is 10.5 Å². The van der Waals surface area contributed by atoms with Crippen LogP contribution in [0.5, 0.6) is 0 Å². The van der Waals surface area contributed by atoms with E-state index in [-0.39, 0.29) is 5.91 Å². The van der Waals surface area contributed by atoms with Gasteiger partial charge in [-0.3, -0.25) is 4.79 Å². The largest absolute Gasteiger partial charge is 0.366 e. The summed E-state index contributed by atoms with van der Waals surface area (Å²) in [5.74, 6) is -0.387. The third-order valence-electron chi connectivity index (χ3n) is 6.44. The average Bonchev–Trinajstić information content (AvgIpc) is 3.14. The number of aryl methyl sites for hydroxylation is 1. The number of primary amides is 1. The van der Waals surface area contributed by atoms with Crippen molar-refractivity contribution in [3.05, 3.63) is 119 Å². The van der Waals surface area contributed by atoms with Gasteiger partial charge in [0.2, 0.25) is 5.91 Å². The van der Waals surface area contributed by atoms with Gasteiger partial charge in [-0.25, -0.2) is 0 Å². The standard InChI is InChI=1S/C30H28N2O/c1-2-9-21-16-17-25-28(19-21)32(27-15-8-14-26(29(25)27)30(31)33)20-24-13-7-6-12-23(24)18-22-10-4-3-5-11-22/h3-8,10-17,19H,2,9,18,20H2,1H3,(H2,31,33). The number of nitrogens with zero attached hydrogens (tertiary/aromatic N) is 1. The van der Waals surface area contributed by atoms with E-state index in [4.69, 9.17) is 5.73 Å². The minimum atomic E-state index is -0.387. The molecular formula is C30H28N2O. The topological polar surface area (TPSA) is 48.0 Å². The van der Waals surface area contributed by atoms with Crippen molar-refractivity contribution < 1.29 is 4.79 Å². The monoisotopic (exact) mass is 432 g/mol. The van der Waals surface area contributed by atoms with Gasteiger partial charge in [-0.2, -0.15) is 0 Å². The van der Waals surface area contributed by atoms with E-state index in [0.29, 0.717) is 5.56 Å². The molecule has 1 heterocycles. The van der Waals surface area contributed by atoms with Crippen molar-refractivity contribution in [2.24, 2.45) is 5.73 Å². The Labute approximate surface area is 194 Å². The molecule has 0 saturated carbocycles. The molecule has 5 aromatic rings. The zero-order valence-corrected chi connectivity index (χ0v) is 18.9. The maximum absolute atomic E-state index is 12.3. The van der Waals surface area contributed by atoms with E-state index in [9.17, 15) is 4.79 Å². The highest BCUT2D eigenvalue weighted by atomic mass is 16.1. The molecule has 1 aromatic heterocycles. The van der Waals surface area contributed by atoms with Gasteiger partial charge in [-0.15, -0.1) is 0 Å². The minimum Gasteiger partial charge on any atom is -0.366 e. The van der Waals surface area contributed by atoms with E-state index in [2.05, 4.69) is 90.4 Å². The van der Waals surface area contributed by atoms with Crippen LogP contribution >= 0.6 is 0 Å². The first-order chi connectivity index (χ1) is 16.2. The molecule has 2 N–H and O–H groups in total. The van der Waals surface area contributed by atoms with Gasteiger partial charge in [0.1, 0.15) is 0 Å². The van der Waals surface area contributed by atoms with Gasteiger partial charge in [0, 0.05) is 28.4 Å². The van der Waals surface area contributed by atoms with Crippen molar-refractivity contribution in [2.75, 3.05) is 0 Å². The van der Waals surface area contributed by atoms with Crippen LogP contribution in [0.1, 0.15) is 46.0 Å². The summed E-state index contributed by atoms with van der Waals surface area (Å²) in [5, 5.41) is 2.03. The Hall–Kier alpha value is -3.85. The van der Waals surface area contributed by atoms with Crippen molar-refractivity contribution in [2.45, 2.75) is 32.7 Å². The lowest BCUT2D eigenvalue weighted by Gasteiger charge is -2.13. The number of hydrogen-bond donors (Lipinski definition) is 1. The zero-order chi connectivity index (χ0) is 22.8. The summed E-state index contributed by atoms with van der Waals surface area (Å²) in [6.07, 6.45) is 3.02. The second-order valence-corrected chi connectivity index (χ2v) is 8.68. The van der Waals surface area contributed by atoms with Crippen LogP contribution in [0, 0.1) is 0 Å². The van der Waals surface area contributed by atoms with E-state index in [1.807, 2.05) is 12.1 Å². The van der Waals surface area contributed by atoms with Crippen molar-refractivity contribution in [1.29, 1.82) is 0 Å². The van der Waals surface area contributed by atoms with Gasteiger partial charge in [0.15, 0.2) is 0 Å². The van der Waals surface area contributed by atoms with Gasteiger partial charge >= 0.3 is 0 Å². The summed E-state index contributed by atoms with van der Waals surface area (Å²) < 4.78 is 2.35. The number of hydrogen-bond acceptors (Lipinski definition) is 1. The fourth-order valence-corrected chi connectivity index (χ4v) is 4.88. The van der Waals surface area contributed by atoms with E-state index in [0.717, 1.165) is 47.6 Å². The predicted octanol–water partition coefficient (Wildman–Crippen LogP) is 6.49. The molecule has 5 rings (SSSR count). The maximum atomic E-state index is 12.3. The minimum absolute atomic E-state index is 0.387. The van der Waals surface area contributed by atoms with E-state index < -0.39 is 0 Å². The third kappa shape index (κ3) is 4.03. The lowest BCUT2D eigenvalue weighted by Crippen LogP contribution is -2.11. The second kappa shape index (κ2) is 8.95. The van der Waals surface area contributed by atoms with Crippen LogP contribution < -0.4 is 5.73 Å². The molecule has 0 atom stereocenters. The molecule has 0 aliphatic heterocycles. The fourth-order valence-electron chi connectivity index (χ4n) is 4.88. The number of amides is 1. The summed E-state index contributed by atoms with van der Waals surface area (Å²) in [7, 11) is 0. The highest BCUT2D eigenvalue weighted by molar-refractivity contribution is 6.18. The first-order valence-electron chi connectivity index (χ1n) is 11.6. The number of rotatable bonds is 7. The number of carbonyl (C=O) groups excluding carboxylic acids is 1. The first kappa shape index (κ1) is 21.0. The van der Waals surface area contributed by atoms with E-state index >= 15 is 0 Å². The second-order valence-electron chi connectivity index (χ2n) is 8.68. The van der Waals surface area contributed by atoms with Crippen LogP contribution in [0.3, 0.4) is 0 Å². The quantitative estimate of drug-likeness (QED) is 0.314. The van der Waals surface area contributed by atoms with Crippen LogP contribution in [0.15, 0.2) is 91.0 Å². The van der Waals surface area contributed by atoms with Crippen LogP contribution in [0.25, 0.3) is 21.8 Å². The number of aromatic nitrogens is 1. The van der Waals surface area contributed by atoms with Gasteiger partial charge < -0.3 is 10.3 Å². The molecule has 0 aliphatic rings. The van der Waals surface area contributed by atoms with Crippen molar-refractivity contribution in [3.63, 3.8) is 0 Å². The van der Waals surface area contributed by atoms with Crippen molar-refractivity contribution in [3.8, 4) is 0 Å². The number of benzene rings is 4. The van der Waals surface area contributed by atoms with Gasteiger partial charge in [-0.05, 0) is 53.3 Å². The Morgan fingerprint density at radius 1 is 0.788 bits per heavy atom. The molecule has 0 bridgehead atoms. The zero-order valence-electron chi connectivity index (χ0n) is 18.9. The lowest BCUT2D eigenvalue weighted by molar-refractivity contribution is 0.100. The lowest BCUT2D eigenvalue weighted by atomic mass is 9.99. The Bertz CT molecular complexity index is 1450. The van der Waals surface area contributed by atoms with Crippen LogP contribution in [0.4, 0.5) is 0 Å². The summed E-state index contributed by atoms with van der Waals surface area (Å²) >= 11 is 0. The van der Waals surface area contributed by atoms with E-state index in [1.54, 1.807) is 0 Å². The molecule has 0 unspecified atom stereocenters. The molecule has 0 radical (unpaired) electrons. The summed E-state index contributed by atoms with van der Waals surface area (Å²) in [4.78, 5) is 12.3. The van der Waals surface area contributed by atoms with Gasteiger partial charge in [0.05, 0.1) is 5.52 Å². The van der Waals surface area contributed by atoms with Crippen LogP contribution in [-0.2, 0) is 19.4 Å². The van der Waals surface area contributed by atoms with E-state index in [1.165, 1.54) is 22.3 Å². The maximum Gasteiger partial charge on any atom is 0.249 e. The Morgan fingerprint density at radius 3 is 2.30 bits per heavy atom. The number of nitrogens with two attached hydrogens (primary N) is 1. The molecular weight excluding hydrogens is 404 g/mol. The average molecular weight is 433 g/mol. The molecule has 0 saturated heterocycles. The number of fused-ring (bicyclic) bond motifs is 3. The van der Waals surface area contributed by atoms with Crippen LogP contribution in [0.2, 0.25) is 0 Å². The molecule has 1 amide bonds. The fraction of sp³-hybridized carbons (Fsp3) is 0.167. The third-order valence-corrected chi connectivity index (χ3v) is 6.44. The first-order valence-corrected chi connectivity index (χ1v) is 11.6.